The fourth-order valence-electron chi connectivity index (χ4n) is 2.40. The van der Waals surface area contributed by atoms with Crippen molar-refractivity contribution < 1.29 is 14.3 Å². The number of carbonyl (C=O) groups is 1. The van der Waals surface area contributed by atoms with Gasteiger partial charge in [-0.25, -0.2) is 0 Å². The molecule has 4 nitrogen and oxygen atoms in total. The van der Waals surface area contributed by atoms with Gasteiger partial charge in [0, 0.05) is 18.0 Å². The van der Waals surface area contributed by atoms with E-state index in [2.05, 4.69) is 19.2 Å². The molecule has 1 aromatic rings. The van der Waals surface area contributed by atoms with Gasteiger partial charge < -0.3 is 14.8 Å². The van der Waals surface area contributed by atoms with Gasteiger partial charge in [0.15, 0.2) is 11.5 Å². The van der Waals surface area contributed by atoms with E-state index in [-0.39, 0.29) is 5.91 Å². The predicted molar refractivity (Wildman–Crippen MR) is 69.5 cm³/mol. The lowest BCUT2D eigenvalue weighted by molar-refractivity contribution is 0.0935. The maximum Gasteiger partial charge on any atom is 0.251 e. The first-order chi connectivity index (χ1) is 8.58. The van der Waals surface area contributed by atoms with Crippen LogP contribution in [0.3, 0.4) is 0 Å². The van der Waals surface area contributed by atoms with Crippen molar-refractivity contribution in [3.8, 4) is 11.5 Å². The minimum absolute atomic E-state index is 0.0390. The lowest BCUT2D eigenvalue weighted by Crippen LogP contribution is -2.36. The molecule has 1 amide bonds. The Kier molecular flexibility index (Phi) is 3.45. The van der Waals surface area contributed by atoms with Gasteiger partial charge in [0.25, 0.3) is 5.91 Å². The molecular formula is C14H19NO3. The Morgan fingerprint density at radius 2 is 1.83 bits per heavy atom. The van der Waals surface area contributed by atoms with Gasteiger partial charge in [-0.3, -0.25) is 4.79 Å². The molecule has 1 aliphatic rings. The molecule has 1 aliphatic heterocycles. The third-order valence-electron chi connectivity index (χ3n) is 3.49. The van der Waals surface area contributed by atoms with E-state index in [4.69, 9.17) is 9.47 Å². The molecule has 0 saturated carbocycles. The first-order valence-electron chi connectivity index (χ1n) is 6.12. The minimum atomic E-state index is -0.0390. The van der Waals surface area contributed by atoms with E-state index >= 15 is 0 Å². The van der Waals surface area contributed by atoms with Gasteiger partial charge in [0.2, 0.25) is 0 Å². The average Bonchev–Trinajstić information content (AvgIpc) is 2.37. The van der Waals surface area contributed by atoms with Crippen LogP contribution in [0.25, 0.3) is 0 Å². The van der Waals surface area contributed by atoms with Crippen molar-refractivity contribution >= 4 is 5.91 Å². The Balaban J connectivity index is 2.57. The minimum Gasteiger partial charge on any atom is -0.493 e. The number of benzene rings is 1. The highest BCUT2D eigenvalue weighted by Gasteiger charge is 2.29. The van der Waals surface area contributed by atoms with Crippen molar-refractivity contribution in [2.24, 2.45) is 5.92 Å². The molecule has 0 aliphatic carbocycles. The van der Waals surface area contributed by atoms with Crippen LogP contribution in [0, 0.1) is 5.92 Å². The van der Waals surface area contributed by atoms with Crippen LogP contribution in [0.5, 0.6) is 11.5 Å². The van der Waals surface area contributed by atoms with Gasteiger partial charge >= 0.3 is 0 Å². The summed E-state index contributed by atoms with van der Waals surface area (Å²) < 4.78 is 10.6. The third-order valence-corrected chi connectivity index (χ3v) is 3.49. The summed E-state index contributed by atoms with van der Waals surface area (Å²) >= 11 is 0. The standard InChI is InChI=1S/C14H19NO3/c1-8(2)11-7-15-14(16)10-6-13(18-4)12(17-3)5-9(10)11/h5-6,8,11H,7H2,1-4H3,(H,15,16). The molecule has 0 bridgehead atoms. The molecule has 1 heterocycles. The second kappa shape index (κ2) is 4.88. The number of ether oxygens (including phenoxy) is 2. The number of carbonyl (C=O) groups excluding carboxylic acids is 1. The van der Waals surface area contributed by atoms with Crippen LogP contribution in [0.4, 0.5) is 0 Å². The summed E-state index contributed by atoms with van der Waals surface area (Å²) in [5, 5.41) is 2.92. The fraction of sp³-hybridized carbons (Fsp3) is 0.500. The lowest BCUT2D eigenvalue weighted by Gasteiger charge is -2.29. The second-order valence-electron chi connectivity index (χ2n) is 4.85. The average molecular weight is 249 g/mol. The van der Waals surface area contributed by atoms with Crippen LogP contribution < -0.4 is 14.8 Å². The number of methoxy groups -OCH3 is 2. The van der Waals surface area contributed by atoms with E-state index in [1.165, 1.54) is 0 Å². The SMILES string of the molecule is COc1cc2c(cc1OC)C(C(C)C)CNC2=O. The number of nitrogens with one attached hydrogen (secondary N) is 1. The molecule has 1 unspecified atom stereocenters. The summed E-state index contributed by atoms with van der Waals surface area (Å²) in [6.07, 6.45) is 0. The zero-order chi connectivity index (χ0) is 13.3. The Labute approximate surface area is 107 Å². The van der Waals surface area contributed by atoms with Crippen molar-refractivity contribution in [2.45, 2.75) is 19.8 Å². The first-order valence-corrected chi connectivity index (χ1v) is 6.12. The monoisotopic (exact) mass is 249 g/mol. The van der Waals surface area contributed by atoms with Crippen molar-refractivity contribution in [2.75, 3.05) is 20.8 Å². The van der Waals surface area contributed by atoms with E-state index in [1.54, 1.807) is 20.3 Å². The Hall–Kier alpha value is -1.71. The third kappa shape index (κ3) is 2.03. The van der Waals surface area contributed by atoms with Crippen LogP contribution >= 0.6 is 0 Å². The van der Waals surface area contributed by atoms with E-state index < -0.39 is 0 Å². The summed E-state index contributed by atoms with van der Waals surface area (Å²) in [4.78, 5) is 11.9. The van der Waals surface area contributed by atoms with Gasteiger partial charge in [-0.05, 0) is 23.6 Å². The highest BCUT2D eigenvalue weighted by Crippen LogP contribution is 2.37. The van der Waals surface area contributed by atoms with Crippen LogP contribution in [-0.2, 0) is 0 Å². The van der Waals surface area contributed by atoms with Gasteiger partial charge in [-0.1, -0.05) is 13.8 Å². The molecule has 1 aromatic carbocycles. The molecule has 4 heteroatoms. The Morgan fingerprint density at radius 3 is 2.39 bits per heavy atom. The Bertz CT molecular complexity index is 468. The molecule has 1 atom stereocenters. The molecule has 98 valence electrons. The van der Waals surface area contributed by atoms with Crippen molar-refractivity contribution in [1.82, 2.24) is 5.32 Å². The number of fused-ring (bicyclic) bond motifs is 1. The smallest absolute Gasteiger partial charge is 0.251 e. The maximum atomic E-state index is 11.9. The maximum absolute atomic E-state index is 11.9. The number of hydrogen-bond acceptors (Lipinski definition) is 3. The van der Waals surface area contributed by atoms with Gasteiger partial charge in [-0.2, -0.15) is 0 Å². The number of amides is 1. The fourth-order valence-corrected chi connectivity index (χ4v) is 2.40. The molecule has 0 radical (unpaired) electrons. The zero-order valence-corrected chi connectivity index (χ0v) is 11.2. The van der Waals surface area contributed by atoms with Gasteiger partial charge in [-0.15, -0.1) is 0 Å². The van der Waals surface area contributed by atoms with E-state index in [0.29, 0.717) is 35.4 Å². The molecule has 2 rings (SSSR count). The lowest BCUT2D eigenvalue weighted by atomic mass is 9.82. The summed E-state index contributed by atoms with van der Waals surface area (Å²) in [7, 11) is 3.18. The number of rotatable bonds is 3. The molecular weight excluding hydrogens is 230 g/mol. The summed E-state index contributed by atoms with van der Waals surface area (Å²) in [5.74, 6) is 2.01. The van der Waals surface area contributed by atoms with E-state index in [0.717, 1.165) is 5.56 Å². The van der Waals surface area contributed by atoms with Crippen molar-refractivity contribution in [1.29, 1.82) is 0 Å². The van der Waals surface area contributed by atoms with Crippen LogP contribution in [0.15, 0.2) is 12.1 Å². The molecule has 0 aromatic heterocycles. The normalized spacial score (nSPS) is 18.3. The summed E-state index contributed by atoms with van der Waals surface area (Å²) in [5.41, 5.74) is 1.74. The molecule has 0 fully saturated rings. The highest BCUT2D eigenvalue weighted by molar-refractivity contribution is 5.97. The highest BCUT2D eigenvalue weighted by atomic mass is 16.5. The van der Waals surface area contributed by atoms with Crippen LogP contribution in [0.2, 0.25) is 0 Å². The molecule has 18 heavy (non-hydrogen) atoms. The predicted octanol–water partition coefficient (Wildman–Crippen LogP) is 2.19. The van der Waals surface area contributed by atoms with Crippen molar-refractivity contribution in [3.05, 3.63) is 23.3 Å². The number of hydrogen-bond donors (Lipinski definition) is 1. The van der Waals surface area contributed by atoms with Crippen LogP contribution in [0.1, 0.15) is 35.7 Å². The Morgan fingerprint density at radius 1 is 1.22 bits per heavy atom. The molecule has 1 N–H and O–H groups in total. The second-order valence-corrected chi connectivity index (χ2v) is 4.85. The van der Waals surface area contributed by atoms with Gasteiger partial charge in [0.05, 0.1) is 14.2 Å². The van der Waals surface area contributed by atoms with Crippen LogP contribution in [-0.4, -0.2) is 26.7 Å². The largest absolute Gasteiger partial charge is 0.493 e. The van der Waals surface area contributed by atoms with Gasteiger partial charge in [0.1, 0.15) is 0 Å². The molecule has 0 saturated heterocycles. The van der Waals surface area contributed by atoms with Crippen molar-refractivity contribution in [3.63, 3.8) is 0 Å². The zero-order valence-electron chi connectivity index (χ0n) is 11.2. The van der Waals surface area contributed by atoms with E-state index in [9.17, 15) is 4.79 Å². The molecule has 0 spiro atoms. The quantitative estimate of drug-likeness (QED) is 0.893. The summed E-state index contributed by atoms with van der Waals surface area (Å²) in [6, 6.07) is 3.69. The topological polar surface area (TPSA) is 47.6 Å². The first kappa shape index (κ1) is 12.7. The van der Waals surface area contributed by atoms with E-state index in [1.807, 2.05) is 6.07 Å². The summed E-state index contributed by atoms with van der Waals surface area (Å²) in [6.45, 7) is 4.99.